The number of anilines is 3. The van der Waals surface area contributed by atoms with Crippen LogP contribution in [0.25, 0.3) is 0 Å². The molecule has 0 unspecified atom stereocenters. The van der Waals surface area contributed by atoms with E-state index >= 15 is 0 Å². The SMILES string of the molecule is CN1CC(CNC(=O)c2ccc(Nc3nc(N)c(C(=O)c4c(F)cccc4F)s3)cc2)C1. The average molecular weight is 458 g/mol. The van der Waals surface area contributed by atoms with E-state index in [1.54, 1.807) is 24.3 Å². The second kappa shape index (κ2) is 9.01. The highest BCUT2D eigenvalue weighted by Crippen LogP contribution is 2.31. The third-order valence-corrected chi connectivity index (χ3v) is 6.12. The molecule has 1 fully saturated rings. The van der Waals surface area contributed by atoms with Crippen molar-refractivity contribution in [2.75, 3.05) is 37.7 Å². The molecule has 1 saturated heterocycles. The van der Waals surface area contributed by atoms with E-state index in [1.807, 2.05) is 7.05 Å². The fourth-order valence-electron chi connectivity index (χ4n) is 3.50. The Bertz CT molecular complexity index is 1140. The third kappa shape index (κ3) is 4.61. The number of rotatable bonds is 7. The first-order chi connectivity index (χ1) is 15.3. The zero-order valence-electron chi connectivity index (χ0n) is 17.2. The molecule has 10 heteroatoms. The molecule has 2 aromatic carbocycles. The van der Waals surface area contributed by atoms with Gasteiger partial charge in [-0.3, -0.25) is 9.59 Å². The Morgan fingerprint density at radius 1 is 1.16 bits per heavy atom. The molecule has 1 aliphatic heterocycles. The Balaban J connectivity index is 1.41. The van der Waals surface area contributed by atoms with Gasteiger partial charge < -0.3 is 21.3 Å². The number of hydrogen-bond acceptors (Lipinski definition) is 7. The van der Waals surface area contributed by atoms with Crippen molar-refractivity contribution in [3.05, 3.63) is 70.1 Å². The summed E-state index contributed by atoms with van der Waals surface area (Å²) in [7, 11) is 2.04. The highest BCUT2D eigenvalue weighted by molar-refractivity contribution is 7.18. The molecule has 4 rings (SSSR count). The summed E-state index contributed by atoms with van der Waals surface area (Å²) in [6.07, 6.45) is 0. The minimum absolute atomic E-state index is 0.0610. The lowest BCUT2D eigenvalue weighted by Gasteiger charge is -2.36. The van der Waals surface area contributed by atoms with Gasteiger partial charge in [0.15, 0.2) is 5.13 Å². The van der Waals surface area contributed by atoms with E-state index in [2.05, 4.69) is 20.5 Å². The fourth-order valence-corrected chi connectivity index (χ4v) is 4.35. The maximum atomic E-state index is 13.9. The Kier molecular flexibility index (Phi) is 6.15. The van der Waals surface area contributed by atoms with Gasteiger partial charge in [-0.25, -0.2) is 13.8 Å². The third-order valence-electron chi connectivity index (χ3n) is 5.14. The summed E-state index contributed by atoms with van der Waals surface area (Å²) in [5.41, 5.74) is 6.29. The van der Waals surface area contributed by atoms with Crippen molar-refractivity contribution in [3.8, 4) is 0 Å². The lowest BCUT2D eigenvalue weighted by Crippen LogP contribution is -2.49. The van der Waals surface area contributed by atoms with Crippen molar-refractivity contribution in [2.45, 2.75) is 0 Å². The van der Waals surface area contributed by atoms with Gasteiger partial charge in [-0.1, -0.05) is 17.4 Å². The molecule has 0 radical (unpaired) electrons. The van der Waals surface area contributed by atoms with Crippen LogP contribution in [0.4, 0.5) is 25.4 Å². The van der Waals surface area contributed by atoms with Crippen LogP contribution >= 0.6 is 11.3 Å². The second-order valence-electron chi connectivity index (χ2n) is 7.66. The number of thiazole rings is 1. The molecular weight excluding hydrogens is 436 g/mol. The van der Waals surface area contributed by atoms with Gasteiger partial charge in [-0.15, -0.1) is 0 Å². The zero-order valence-corrected chi connectivity index (χ0v) is 18.0. The van der Waals surface area contributed by atoms with E-state index < -0.39 is 23.0 Å². The van der Waals surface area contributed by atoms with Gasteiger partial charge >= 0.3 is 0 Å². The molecule has 166 valence electrons. The lowest BCUT2D eigenvalue weighted by molar-refractivity contribution is 0.0897. The lowest BCUT2D eigenvalue weighted by atomic mass is 10.0. The molecule has 0 atom stereocenters. The molecule has 4 N–H and O–H groups in total. The van der Waals surface area contributed by atoms with Gasteiger partial charge in [0.1, 0.15) is 22.3 Å². The van der Waals surface area contributed by atoms with Crippen molar-refractivity contribution >= 4 is 39.7 Å². The number of nitrogens with two attached hydrogens (primary N) is 1. The van der Waals surface area contributed by atoms with Crippen molar-refractivity contribution in [2.24, 2.45) is 5.92 Å². The summed E-state index contributed by atoms with van der Waals surface area (Å²) < 4.78 is 27.9. The number of carbonyl (C=O) groups is 2. The van der Waals surface area contributed by atoms with Crippen molar-refractivity contribution in [1.29, 1.82) is 0 Å². The molecule has 2 heterocycles. The molecule has 1 aliphatic rings. The molecule has 0 bridgehead atoms. The first-order valence-corrected chi connectivity index (χ1v) is 10.7. The van der Waals surface area contributed by atoms with Crippen LogP contribution in [0.15, 0.2) is 42.5 Å². The van der Waals surface area contributed by atoms with Crippen LogP contribution in [-0.2, 0) is 0 Å². The van der Waals surface area contributed by atoms with Crippen LogP contribution in [0.5, 0.6) is 0 Å². The van der Waals surface area contributed by atoms with Crippen LogP contribution in [0, 0.1) is 17.6 Å². The number of carbonyl (C=O) groups excluding carboxylic acids is 2. The predicted octanol–water partition coefficient (Wildman–Crippen LogP) is 3.27. The molecule has 0 spiro atoms. The maximum Gasteiger partial charge on any atom is 0.251 e. The number of amides is 1. The van der Waals surface area contributed by atoms with Gasteiger partial charge in [-0.2, -0.15) is 0 Å². The fraction of sp³-hybridized carbons (Fsp3) is 0.227. The monoisotopic (exact) mass is 457 g/mol. The van der Waals surface area contributed by atoms with Crippen LogP contribution in [0.3, 0.4) is 0 Å². The molecule has 0 saturated carbocycles. The van der Waals surface area contributed by atoms with Crippen molar-refractivity contribution < 1.29 is 18.4 Å². The summed E-state index contributed by atoms with van der Waals surface area (Å²) in [6, 6.07) is 9.93. The van der Waals surface area contributed by atoms with E-state index in [0.717, 1.165) is 36.6 Å². The van der Waals surface area contributed by atoms with E-state index in [0.29, 0.717) is 23.7 Å². The predicted molar refractivity (Wildman–Crippen MR) is 119 cm³/mol. The van der Waals surface area contributed by atoms with E-state index in [1.165, 1.54) is 6.07 Å². The number of ketones is 1. The van der Waals surface area contributed by atoms with Crippen molar-refractivity contribution in [1.82, 2.24) is 15.2 Å². The van der Waals surface area contributed by atoms with Crippen LogP contribution in [0.2, 0.25) is 0 Å². The summed E-state index contributed by atoms with van der Waals surface area (Å²) in [5, 5.41) is 6.20. The van der Waals surface area contributed by atoms with E-state index in [-0.39, 0.29) is 21.7 Å². The molecule has 0 aliphatic carbocycles. The first-order valence-electron chi connectivity index (χ1n) is 9.90. The Hall–Kier alpha value is -3.37. The Labute approximate surface area is 187 Å². The highest BCUT2D eigenvalue weighted by atomic mass is 32.1. The molecular formula is C22H21F2N5O2S. The van der Waals surface area contributed by atoms with Gasteiger partial charge in [-0.05, 0) is 43.4 Å². The normalized spacial score (nSPS) is 14.1. The Morgan fingerprint density at radius 2 is 1.81 bits per heavy atom. The maximum absolute atomic E-state index is 13.9. The van der Waals surface area contributed by atoms with E-state index in [9.17, 15) is 18.4 Å². The molecule has 1 amide bonds. The number of nitrogens with zero attached hydrogens (tertiary/aromatic N) is 2. The summed E-state index contributed by atoms with van der Waals surface area (Å²) in [4.78, 5) is 31.1. The minimum atomic E-state index is -0.962. The van der Waals surface area contributed by atoms with Gasteiger partial charge in [0.05, 0.1) is 5.56 Å². The van der Waals surface area contributed by atoms with Gasteiger partial charge in [0, 0.05) is 36.8 Å². The average Bonchev–Trinajstić information content (AvgIpc) is 3.10. The standard InChI is InChI=1S/C22H21F2N5O2S/c1-29-10-12(11-29)9-26-21(31)13-5-7-14(8-6-13)27-22-28-20(25)19(32-22)18(30)17-15(23)3-2-4-16(17)24/h2-8,12H,9-11,25H2,1H3,(H,26,31)(H,27,28). The quantitative estimate of drug-likeness (QED) is 0.471. The van der Waals surface area contributed by atoms with Crippen molar-refractivity contribution in [3.63, 3.8) is 0 Å². The topological polar surface area (TPSA) is 100 Å². The van der Waals surface area contributed by atoms with Crippen LogP contribution in [-0.4, -0.2) is 48.3 Å². The van der Waals surface area contributed by atoms with E-state index in [4.69, 9.17) is 5.73 Å². The zero-order chi connectivity index (χ0) is 22.8. The number of aromatic nitrogens is 1. The largest absolute Gasteiger partial charge is 0.382 e. The summed E-state index contributed by atoms with van der Waals surface area (Å²) in [6.45, 7) is 2.60. The Morgan fingerprint density at radius 3 is 2.44 bits per heavy atom. The van der Waals surface area contributed by atoms with Gasteiger partial charge in [0.25, 0.3) is 5.91 Å². The number of benzene rings is 2. The smallest absolute Gasteiger partial charge is 0.251 e. The number of nitrogens with one attached hydrogen (secondary N) is 2. The second-order valence-corrected chi connectivity index (χ2v) is 8.66. The van der Waals surface area contributed by atoms with Gasteiger partial charge in [0.2, 0.25) is 5.78 Å². The number of hydrogen-bond donors (Lipinski definition) is 3. The molecule has 7 nitrogen and oxygen atoms in total. The molecule has 3 aromatic rings. The molecule has 1 aromatic heterocycles. The summed E-state index contributed by atoms with van der Waals surface area (Å²) in [5.74, 6) is -2.58. The molecule has 32 heavy (non-hydrogen) atoms. The highest BCUT2D eigenvalue weighted by Gasteiger charge is 2.25. The number of nitrogen functional groups attached to an aromatic ring is 1. The van der Waals surface area contributed by atoms with Crippen LogP contribution < -0.4 is 16.4 Å². The van der Waals surface area contributed by atoms with Crippen LogP contribution in [0.1, 0.15) is 25.6 Å². The number of halogens is 2. The number of likely N-dealkylation sites (tertiary alicyclic amines) is 1. The first kappa shape index (κ1) is 21.8. The summed E-state index contributed by atoms with van der Waals surface area (Å²) >= 11 is 0.892. The minimum Gasteiger partial charge on any atom is -0.382 e.